The molecule has 0 atom stereocenters. The third-order valence-corrected chi connectivity index (χ3v) is 0.906. The van der Waals surface area contributed by atoms with Gasteiger partial charge in [0.2, 0.25) is 5.95 Å². The van der Waals surface area contributed by atoms with E-state index in [1.165, 1.54) is 6.07 Å². The van der Waals surface area contributed by atoms with Crippen molar-refractivity contribution in [3.05, 3.63) is 16.9 Å². The molecule has 0 amide bonds. The minimum Gasteiger partial charge on any atom is -0.368 e. The lowest BCUT2D eigenvalue weighted by molar-refractivity contribution is 1.12. The number of rotatable bonds is 0. The van der Waals surface area contributed by atoms with Crippen LogP contribution in [0.5, 0.6) is 0 Å². The van der Waals surface area contributed by atoms with Gasteiger partial charge in [0.05, 0.1) is 0 Å². The highest BCUT2D eigenvalue weighted by Gasteiger charge is 1.92. The molecule has 1 aromatic rings. The normalized spacial score (nSPS) is 15.9. The molecule has 3 nitrogen and oxygen atoms in total. The predicted molar refractivity (Wildman–Crippen MR) is 36.2 cm³/mol. The zero-order chi connectivity index (χ0) is 9.35. The van der Waals surface area contributed by atoms with Gasteiger partial charge in [-0.3, -0.25) is 0 Å². The lowest BCUT2D eigenvalue weighted by Crippen LogP contribution is -1.95. The first-order valence-corrected chi connectivity index (χ1v) is 2.58. The molecule has 1 heterocycles. The van der Waals surface area contributed by atoms with E-state index >= 15 is 0 Å². The molecular formula is C5H6ClN3. The molecule has 0 bridgehead atoms. The number of aryl methyl sites for hydroxylation is 1. The Morgan fingerprint density at radius 2 is 2.56 bits per heavy atom. The topological polar surface area (TPSA) is 51.8 Å². The Kier molecular flexibility index (Phi) is 0.818. The minimum absolute atomic E-state index is 0.0358. The van der Waals surface area contributed by atoms with Crippen molar-refractivity contribution in [1.29, 1.82) is 0 Å². The summed E-state index contributed by atoms with van der Waals surface area (Å²) < 4.78 is 21.0. The van der Waals surface area contributed by atoms with Crippen LogP contribution in [0.2, 0.25) is 5.15 Å². The van der Waals surface area contributed by atoms with Crippen LogP contribution < -0.4 is 5.73 Å². The van der Waals surface area contributed by atoms with Crippen LogP contribution in [-0.4, -0.2) is 9.97 Å². The lowest BCUT2D eigenvalue weighted by atomic mass is 10.5. The van der Waals surface area contributed by atoms with E-state index < -0.39 is 6.85 Å². The standard InChI is InChI=1S/C5H6ClN3/c1-3-2-4(6)9-5(7)8-3/h2H,1H3,(H2,7,8,9)/i1D3. The summed E-state index contributed by atoms with van der Waals surface area (Å²) in [6.07, 6.45) is 0. The molecular weight excluding hydrogens is 138 g/mol. The zero-order valence-corrected chi connectivity index (χ0v) is 5.18. The van der Waals surface area contributed by atoms with E-state index in [4.69, 9.17) is 21.4 Å². The zero-order valence-electron chi connectivity index (χ0n) is 7.43. The number of halogens is 1. The van der Waals surface area contributed by atoms with Crippen molar-refractivity contribution in [3.8, 4) is 0 Å². The number of anilines is 1. The van der Waals surface area contributed by atoms with Gasteiger partial charge in [-0.15, -0.1) is 0 Å². The van der Waals surface area contributed by atoms with Gasteiger partial charge in [-0.1, -0.05) is 11.6 Å². The summed E-state index contributed by atoms with van der Waals surface area (Å²) in [4.78, 5) is 7.05. The van der Waals surface area contributed by atoms with Gasteiger partial charge in [-0.05, 0) is 12.9 Å². The van der Waals surface area contributed by atoms with Crippen molar-refractivity contribution in [2.75, 3.05) is 5.73 Å². The molecule has 0 aliphatic rings. The van der Waals surface area contributed by atoms with E-state index in [-0.39, 0.29) is 16.8 Å². The SMILES string of the molecule is [2H]C([2H])([2H])c1cc(Cl)nc(N)n1. The molecule has 48 valence electrons. The van der Waals surface area contributed by atoms with E-state index in [0.717, 1.165) is 0 Å². The average Bonchev–Trinajstić information content (AvgIpc) is 1.82. The summed E-state index contributed by atoms with van der Waals surface area (Å²) in [5.74, 6) is -0.131. The minimum atomic E-state index is -2.29. The molecule has 1 rings (SSSR count). The second-order valence-electron chi connectivity index (χ2n) is 1.43. The first-order valence-electron chi connectivity index (χ1n) is 3.70. The molecule has 2 N–H and O–H groups in total. The van der Waals surface area contributed by atoms with Crippen LogP contribution in [0.1, 0.15) is 9.81 Å². The Bertz CT molecular complexity index is 278. The van der Waals surface area contributed by atoms with Crippen molar-refractivity contribution in [2.24, 2.45) is 0 Å². The molecule has 9 heavy (non-hydrogen) atoms. The molecule has 0 fully saturated rings. The van der Waals surface area contributed by atoms with Gasteiger partial charge >= 0.3 is 0 Å². The maximum absolute atomic E-state index is 7.00. The number of nitrogens with zero attached hydrogens (tertiary/aromatic N) is 2. The highest BCUT2D eigenvalue weighted by Crippen LogP contribution is 2.06. The molecule has 1 aromatic heterocycles. The fourth-order valence-electron chi connectivity index (χ4n) is 0.435. The smallest absolute Gasteiger partial charge is 0.221 e. The van der Waals surface area contributed by atoms with Crippen LogP contribution in [0, 0.1) is 6.85 Å². The molecule has 0 aliphatic carbocycles. The molecule has 4 heteroatoms. The van der Waals surface area contributed by atoms with E-state index in [1.54, 1.807) is 0 Å². The summed E-state index contributed by atoms with van der Waals surface area (Å²) in [6.45, 7) is -2.29. The van der Waals surface area contributed by atoms with Gasteiger partial charge in [0, 0.05) is 9.81 Å². The molecule has 0 spiro atoms. The van der Waals surface area contributed by atoms with Gasteiger partial charge < -0.3 is 5.73 Å². The van der Waals surface area contributed by atoms with Crippen molar-refractivity contribution in [1.82, 2.24) is 9.97 Å². The summed E-state index contributed by atoms with van der Waals surface area (Å²) in [7, 11) is 0. The average molecular weight is 147 g/mol. The number of hydrogen-bond acceptors (Lipinski definition) is 3. The number of hydrogen-bond donors (Lipinski definition) is 1. The summed E-state index contributed by atoms with van der Waals surface area (Å²) in [5, 5.41) is 0.0358. The van der Waals surface area contributed by atoms with Crippen LogP contribution in [-0.2, 0) is 0 Å². The monoisotopic (exact) mass is 146 g/mol. The molecule has 0 saturated carbocycles. The van der Waals surface area contributed by atoms with E-state index in [9.17, 15) is 0 Å². The third kappa shape index (κ3) is 1.54. The highest BCUT2D eigenvalue weighted by atomic mass is 35.5. The highest BCUT2D eigenvalue weighted by molar-refractivity contribution is 6.29. The maximum atomic E-state index is 7.00. The largest absolute Gasteiger partial charge is 0.368 e. The quantitative estimate of drug-likeness (QED) is 0.556. The first kappa shape index (κ1) is 3.37. The molecule has 0 saturated heterocycles. The first-order chi connectivity index (χ1) is 5.39. The van der Waals surface area contributed by atoms with Crippen LogP contribution in [0.25, 0.3) is 0 Å². The van der Waals surface area contributed by atoms with Crippen LogP contribution in [0.4, 0.5) is 5.95 Å². The Morgan fingerprint density at radius 1 is 1.78 bits per heavy atom. The van der Waals surface area contributed by atoms with Gasteiger partial charge in [0.15, 0.2) is 0 Å². The van der Waals surface area contributed by atoms with Crippen molar-refractivity contribution in [3.63, 3.8) is 0 Å². The molecule has 0 aliphatic heterocycles. The van der Waals surface area contributed by atoms with Crippen molar-refractivity contribution in [2.45, 2.75) is 6.85 Å². The van der Waals surface area contributed by atoms with Crippen LogP contribution >= 0.6 is 11.6 Å². The summed E-state index contributed by atoms with van der Waals surface area (Å²) >= 11 is 5.48. The van der Waals surface area contributed by atoms with Crippen LogP contribution in [0.3, 0.4) is 0 Å². The van der Waals surface area contributed by atoms with Crippen molar-refractivity contribution >= 4 is 17.5 Å². The maximum Gasteiger partial charge on any atom is 0.221 e. The fraction of sp³-hybridized carbons (Fsp3) is 0.200. The number of aromatic nitrogens is 2. The van der Waals surface area contributed by atoms with Gasteiger partial charge in [-0.25, -0.2) is 9.97 Å². The Balaban J connectivity index is 3.18. The summed E-state index contributed by atoms with van der Waals surface area (Å²) in [5.41, 5.74) is 5.06. The van der Waals surface area contributed by atoms with Crippen molar-refractivity contribution < 1.29 is 4.11 Å². The predicted octanol–water partition coefficient (Wildman–Crippen LogP) is 1.02. The molecule has 0 radical (unpaired) electrons. The Labute approximate surface area is 62.1 Å². The summed E-state index contributed by atoms with van der Waals surface area (Å²) in [6, 6.07) is 1.17. The third-order valence-electron chi connectivity index (χ3n) is 0.712. The van der Waals surface area contributed by atoms with Gasteiger partial charge in [0.1, 0.15) is 5.15 Å². The van der Waals surface area contributed by atoms with Gasteiger partial charge in [0.25, 0.3) is 0 Å². The second-order valence-corrected chi connectivity index (χ2v) is 1.82. The molecule has 0 unspecified atom stereocenters. The fourth-order valence-corrected chi connectivity index (χ4v) is 0.625. The van der Waals surface area contributed by atoms with E-state index in [2.05, 4.69) is 9.97 Å². The van der Waals surface area contributed by atoms with E-state index in [1.807, 2.05) is 0 Å². The number of nitrogen functional groups attached to an aromatic ring is 1. The number of nitrogens with two attached hydrogens (primary N) is 1. The van der Waals surface area contributed by atoms with Crippen LogP contribution in [0.15, 0.2) is 6.07 Å². The molecule has 0 aromatic carbocycles. The Morgan fingerprint density at radius 3 is 3.11 bits per heavy atom. The van der Waals surface area contributed by atoms with E-state index in [0.29, 0.717) is 0 Å². The lowest BCUT2D eigenvalue weighted by Gasteiger charge is -1.93. The second kappa shape index (κ2) is 2.19. The van der Waals surface area contributed by atoms with Gasteiger partial charge in [-0.2, -0.15) is 0 Å². The Hall–Kier alpha value is -0.830.